The van der Waals surface area contributed by atoms with Crippen LogP contribution in [0.1, 0.15) is 44.6 Å². The fraction of sp³-hybridized carbons (Fsp3) is 0.375. The summed E-state index contributed by atoms with van der Waals surface area (Å²) in [5, 5.41) is 12.3. The monoisotopic (exact) mass is 407 g/mol. The minimum atomic E-state index is -0.690. The number of nitrogens with one attached hydrogen (secondary N) is 1. The SMILES string of the molecule is CC(O)C#Cc1ccc2[nH]c(=O)c(-c3cccs3)c(OCC3CCCCC3)c2c1. The molecular formula is C24H25NO3S. The highest BCUT2D eigenvalue weighted by Gasteiger charge is 2.20. The van der Waals surface area contributed by atoms with Crippen LogP contribution in [0.25, 0.3) is 21.3 Å². The second-order valence-corrected chi connectivity index (χ2v) is 8.60. The van der Waals surface area contributed by atoms with E-state index in [4.69, 9.17) is 4.74 Å². The summed E-state index contributed by atoms with van der Waals surface area (Å²) in [6, 6.07) is 9.54. The van der Waals surface area contributed by atoms with E-state index in [0.29, 0.717) is 23.8 Å². The molecule has 150 valence electrons. The highest BCUT2D eigenvalue weighted by Crippen LogP contribution is 2.36. The van der Waals surface area contributed by atoms with Gasteiger partial charge in [-0.3, -0.25) is 4.79 Å². The van der Waals surface area contributed by atoms with E-state index in [1.54, 1.807) is 6.92 Å². The molecule has 0 aliphatic heterocycles. The average molecular weight is 408 g/mol. The first-order valence-electron chi connectivity index (χ1n) is 10.2. The van der Waals surface area contributed by atoms with Crippen LogP contribution in [0.4, 0.5) is 0 Å². The van der Waals surface area contributed by atoms with E-state index in [1.165, 1.54) is 43.4 Å². The van der Waals surface area contributed by atoms with Gasteiger partial charge in [0.1, 0.15) is 11.9 Å². The first kappa shape index (κ1) is 19.8. The van der Waals surface area contributed by atoms with Gasteiger partial charge in [-0.05, 0) is 55.3 Å². The summed E-state index contributed by atoms with van der Waals surface area (Å²) in [6.45, 7) is 2.26. The topological polar surface area (TPSA) is 62.3 Å². The summed E-state index contributed by atoms with van der Waals surface area (Å²) in [7, 11) is 0. The molecule has 0 radical (unpaired) electrons. The van der Waals surface area contributed by atoms with Crippen molar-refractivity contribution in [2.24, 2.45) is 5.92 Å². The molecule has 4 rings (SSSR count). The van der Waals surface area contributed by atoms with Crippen LogP contribution in [-0.2, 0) is 0 Å². The molecule has 4 nitrogen and oxygen atoms in total. The Morgan fingerprint density at radius 2 is 2.10 bits per heavy atom. The summed E-state index contributed by atoms with van der Waals surface area (Å²) in [4.78, 5) is 16.8. The van der Waals surface area contributed by atoms with Gasteiger partial charge >= 0.3 is 0 Å². The molecule has 2 N–H and O–H groups in total. The van der Waals surface area contributed by atoms with Gasteiger partial charge in [-0.2, -0.15) is 0 Å². The van der Waals surface area contributed by atoms with Crippen molar-refractivity contribution >= 4 is 22.2 Å². The minimum Gasteiger partial charge on any atom is -0.492 e. The third-order valence-electron chi connectivity index (χ3n) is 5.35. The molecule has 3 aromatic rings. The first-order valence-corrected chi connectivity index (χ1v) is 11.1. The second kappa shape index (κ2) is 8.86. The van der Waals surface area contributed by atoms with Crippen molar-refractivity contribution in [1.82, 2.24) is 4.98 Å². The van der Waals surface area contributed by atoms with Gasteiger partial charge in [0.2, 0.25) is 0 Å². The zero-order chi connectivity index (χ0) is 20.2. The van der Waals surface area contributed by atoms with Gasteiger partial charge in [0.15, 0.2) is 0 Å². The lowest BCUT2D eigenvalue weighted by atomic mass is 9.90. The van der Waals surface area contributed by atoms with E-state index in [1.807, 2.05) is 35.7 Å². The number of rotatable bonds is 4. The molecule has 0 spiro atoms. The molecule has 2 aromatic heterocycles. The molecular weight excluding hydrogens is 382 g/mol. The molecule has 1 aliphatic carbocycles. The number of aromatic amines is 1. The molecule has 1 saturated carbocycles. The summed E-state index contributed by atoms with van der Waals surface area (Å²) < 4.78 is 6.36. The second-order valence-electron chi connectivity index (χ2n) is 7.66. The largest absolute Gasteiger partial charge is 0.492 e. The highest BCUT2D eigenvalue weighted by molar-refractivity contribution is 7.13. The first-order chi connectivity index (χ1) is 14.1. The number of aromatic nitrogens is 1. The van der Waals surface area contributed by atoms with Gasteiger partial charge in [-0.15, -0.1) is 11.3 Å². The van der Waals surface area contributed by atoms with Crippen LogP contribution in [0, 0.1) is 17.8 Å². The van der Waals surface area contributed by atoms with E-state index in [-0.39, 0.29) is 5.56 Å². The number of fused-ring (bicyclic) bond motifs is 1. The maximum Gasteiger partial charge on any atom is 0.260 e. The van der Waals surface area contributed by atoms with E-state index >= 15 is 0 Å². The van der Waals surface area contributed by atoms with Gasteiger partial charge < -0.3 is 14.8 Å². The summed E-state index contributed by atoms with van der Waals surface area (Å²) in [5.41, 5.74) is 1.96. The van der Waals surface area contributed by atoms with Crippen molar-refractivity contribution in [1.29, 1.82) is 0 Å². The van der Waals surface area contributed by atoms with Gasteiger partial charge in [0.25, 0.3) is 5.56 Å². The molecule has 1 unspecified atom stereocenters. The quantitative estimate of drug-likeness (QED) is 0.602. The van der Waals surface area contributed by atoms with Crippen LogP contribution < -0.4 is 10.3 Å². The Labute approximate surface area is 174 Å². The fourth-order valence-electron chi connectivity index (χ4n) is 3.88. The number of aliphatic hydroxyl groups excluding tert-OH is 1. The van der Waals surface area contributed by atoms with Crippen LogP contribution >= 0.6 is 11.3 Å². The van der Waals surface area contributed by atoms with Gasteiger partial charge in [0, 0.05) is 15.8 Å². The number of ether oxygens (including phenoxy) is 1. The van der Waals surface area contributed by atoms with Crippen molar-refractivity contribution in [3.63, 3.8) is 0 Å². The van der Waals surface area contributed by atoms with Gasteiger partial charge in [0.05, 0.1) is 17.7 Å². The number of aliphatic hydroxyl groups is 1. The molecule has 29 heavy (non-hydrogen) atoms. The number of benzene rings is 1. The van der Waals surface area contributed by atoms with Gasteiger partial charge in [-0.25, -0.2) is 0 Å². The molecule has 1 fully saturated rings. The van der Waals surface area contributed by atoms with Crippen LogP contribution in [0.5, 0.6) is 5.75 Å². The molecule has 1 aliphatic rings. The molecule has 0 bridgehead atoms. The molecule has 0 amide bonds. The third kappa shape index (κ3) is 4.55. The smallest absolute Gasteiger partial charge is 0.260 e. The number of hydrogen-bond donors (Lipinski definition) is 2. The normalized spacial score (nSPS) is 15.7. The maximum atomic E-state index is 12.9. The van der Waals surface area contributed by atoms with E-state index in [0.717, 1.165) is 21.3 Å². The van der Waals surface area contributed by atoms with Crippen LogP contribution in [-0.4, -0.2) is 22.8 Å². The summed E-state index contributed by atoms with van der Waals surface area (Å²) >= 11 is 1.53. The van der Waals surface area contributed by atoms with Crippen LogP contribution in [0.2, 0.25) is 0 Å². The Bertz CT molecular complexity index is 1100. The summed E-state index contributed by atoms with van der Waals surface area (Å²) in [5.74, 6) is 6.94. The lowest BCUT2D eigenvalue weighted by Gasteiger charge is -2.23. The standard InChI is InChI=1S/C24H25NO3S/c1-16(26)9-10-17-11-12-20-19(14-17)23(28-15-18-6-3-2-4-7-18)22(24(27)25-20)21-8-5-13-29-21/h5,8,11-14,16,18,26H,2-4,6-7,15H2,1H3,(H,25,27). The molecule has 2 heterocycles. The minimum absolute atomic E-state index is 0.138. The third-order valence-corrected chi connectivity index (χ3v) is 6.23. The Hall–Kier alpha value is -2.55. The van der Waals surface area contributed by atoms with E-state index in [9.17, 15) is 9.90 Å². The van der Waals surface area contributed by atoms with Crippen molar-refractivity contribution in [2.45, 2.75) is 45.1 Å². The number of thiophene rings is 1. The van der Waals surface area contributed by atoms with Gasteiger partial charge in [-0.1, -0.05) is 37.2 Å². The number of pyridine rings is 1. The van der Waals surface area contributed by atoms with Crippen molar-refractivity contribution < 1.29 is 9.84 Å². The predicted octanol–water partition coefficient (Wildman–Crippen LogP) is 4.95. The van der Waals surface area contributed by atoms with Crippen molar-refractivity contribution in [3.05, 3.63) is 51.6 Å². The maximum absolute atomic E-state index is 12.9. The predicted molar refractivity (Wildman–Crippen MR) is 119 cm³/mol. The zero-order valence-electron chi connectivity index (χ0n) is 16.5. The van der Waals surface area contributed by atoms with Crippen molar-refractivity contribution in [2.75, 3.05) is 6.61 Å². The lowest BCUT2D eigenvalue weighted by Crippen LogP contribution is -2.18. The molecule has 0 saturated heterocycles. The molecule has 1 aromatic carbocycles. The molecule has 5 heteroatoms. The van der Waals surface area contributed by atoms with Crippen molar-refractivity contribution in [3.8, 4) is 28.0 Å². The fourth-order valence-corrected chi connectivity index (χ4v) is 4.64. The zero-order valence-corrected chi connectivity index (χ0v) is 17.3. The Kier molecular flexibility index (Phi) is 6.03. The Balaban J connectivity index is 1.81. The number of hydrogen-bond acceptors (Lipinski definition) is 4. The summed E-state index contributed by atoms with van der Waals surface area (Å²) in [6.07, 6.45) is 5.48. The average Bonchev–Trinajstić information content (AvgIpc) is 3.25. The van der Waals surface area contributed by atoms with Crippen LogP contribution in [0.15, 0.2) is 40.5 Å². The molecule has 1 atom stereocenters. The van der Waals surface area contributed by atoms with E-state index in [2.05, 4.69) is 16.8 Å². The Morgan fingerprint density at radius 3 is 2.83 bits per heavy atom. The highest BCUT2D eigenvalue weighted by atomic mass is 32.1. The Morgan fingerprint density at radius 1 is 1.28 bits per heavy atom. The van der Waals surface area contributed by atoms with E-state index < -0.39 is 6.10 Å². The number of H-pyrrole nitrogens is 1. The van der Waals surface area contributed by atoms with Crippen LogP contribution in [0.3, 0.4) is 0 Å². The lowest BCUT2D eigenvalue weighted by molar-refractivity contribution is 0.211.